The summed E-state index contributed by atoms with van der Waals surface area (Å²) >= 11 is 0. The van der Waals surface area contributed by atoms with Gasteiger partial charge in [-0.05, 0) is 36.6 Å². The molecule has 1 unspecified atom stereocenters. The van der Waals surface area contributed by atoms with Crippen molar-refractivity contribution in [1.29, 1.82) is 0 Å². The van der Waals surface area contributed by atoms with Gasteiger partial charge in [-0.25, -0.2) is 25.3 Å². The first-order valence-corrected chi connectivity index (χ1v) is 10.3. The summed E-state index contributed by atoms with van der Waals surface area (Å²) in [6.45, 7) is 5.51. The zero-order valence-corrected chi connectivity index (χ0v) is 18.2. The molecule has 1 aliphatic heterocycles. The van der Waals surface area contributed by atoms with E-state index >= 15 is 0 Å². The van der Waals surface area contributed by atoms with E-state index < -0.39 is 5.91 Å². The Balaban J connectivity index is 1.66. The number of hydrogen-bond acceptors (Lipinski definition) is 8. The number of hydrazone groups is 1. The van der Waals surface area contributed by atoms with Crippen molar-refractivity contribution in [3.05, 3.63) is 58.4 Å². The highest BCUT2D eigenvalue weighted by Crippen LogP contribution is 2.11. The molecule has 1 aromatic carbocycles. The fraction of sp³-hybridized carbons (Fsp3) is 0.429. The molecule has 0 bridgehead atoms. The molecule has 1 aliphatic rings. The first-order valence-electron chi connectivity index (χ1n) is 10.3. The third-order valence-electron chi connectivity index (χ3n) is 4.79. The number of halogens is 1. The number of hydrazine groups is 1. The number of aryl methyl sites for hydroxylation is 2. The van der Waals surface area contributed by atoms with Gasteiger partial charge in [0.05, 0.1) is 26.4 Å². The minimum Gasteiger partial charge on any atom is -0.380 e. The summed E-state index contributed by atoms with van der Waals surface area (Å²) in [5.74, 6) is 5.63. The number of carbonyl (C=O) groups is 1. The van der Waals surface area contributed by atoms with E-state index in [2.05, 4.69) is 20.4 Å². The Kier molecular flexibility index (Phi) is 8.03. The van der Waals surface area contributed by atoms with Crippen LogP contribution in [0.3, 0.4) is 0 Å². The SMILES string of the molecule is CCc1cc(CNC(=O)c2cc(/C(N)=N/N(N)CC3COCCO3)nc(C)n2)ccc1F. The van der Waals surface area contributed by atoms with E-state index in [1.807, 2.05) is 6.92 Å². The van der Waals surface area contributed by atoms with Crippen LogP contribution in [0.5, 0.6) is 0 Å². The van der Waals surface area contributed by atoms with Crippen molar-refractivity contribution < 1.29 is 18.7 Å². The molecule has 1 aromatic heterocycles. The summed E-state index contributed by atoms with van der Waals surface area (Å²) < 4.78 is 24.5. The second-order valence-corrected chi connectivity index (χ2v) is 7.32. The molecule has 2 heterocycles. The smallest absolute Gasteiger partial charge is 0.270 e. The Morgan fingerprint density at radius 1 is 1.31 bits per heavy atom. The standard InChI is InChI=1S/C21H28FN7O3/c1-3-15-8-14(4-5-17(15)22)10-25-21(30)19-9-18(26-13(2)27-19)20(23)28-29(24)11-16-12-31-6-7-32-16/h4-5,8-9,16H,3,6-7,10-12,24H2,1-2H3,(H2,23,28)(H,25,30). The molecule has 0 saturated carbocycles. The van der Waals surface area contributed by atoms with Gasteiger partial charge in [0.15, 0.2) is 5.84 Å². The van der Waals surface area contributed by atoms with Crippen LogP contribution in [0, 0.1) is 12.7 Å². The van der Waals surface area contributed by atoms with Gasteiger partial charge >= 0.3 is 0 Å². The molecule has 0 radical (unpaired) electrons. The van der Waals surface area contributed by atoms with Crippen LogP contribution in [0.15, 0.2) is 29.4 Å². The molecule has 32 heavy (non-hydrogen) atoms. The van der Waals surface area contributed by atoms with E-state index in [4.69, 9.17) is 21.1 Å². The number of nitrogens with one attached hydrogen (secondary N) is 1. The molecular weight excluding hydrogens is 417 g/mol. The maximum absolute atomic E-state index is 13.7. The fourth-order valence-corrected chi connectivity index (χ4v) is 3.18. The topological polar surface area (TPSA) is 141 Å². The second-order valence-electron chi connectivity index (χ2n) is 7.32. The number of aromatic nitrogens is 2. The van der Waals surface area contributed by atoms with Crippen LogP contribution in [0.2, 0.25) is 0 Å². The van der Waals surface area contributed by atoms with Gasteiger partial charge in [-0.2, -0.15) is 0 Å². The van der Waals surface area contributed by atoms with Crippen molar-refractivity contribution in [2.45, 2.75) is 32.9 Å². The summed E-state index contributed by atoms with van der Waals surface area (Å²) in [5.41, 5.74) is 7.84. The van der Waals surface area contributed by atoms with E-state index in [9.17, 15) is 9.18 Å². The molecular formula is C21H28FN7O3. The minimum absolute atomic E-state index is 0.0369. The summed E-state index contributed by atoms with van der Waals surface area (Å²) in [6.07, 6.45) is 0.358. The third-order valence-corrected chi connectivity index (χ3v) is 4.79. The van der Waals surface area contributed by atoms with E-state index in [0.29, 0.717) is 37.6 Å². The maximum Gasteiger partial charge on any atom is 0.270 e. The lowest BCUT2D eigenvalue weighted by molar-refractivity contribution is -0.0976. The van der Waals surface area contributed by atoms with Crippen LogP contribution >= 0.6 is 0 Å². The Labute approximate surface area is 185 Å². The Morgan fingerprint density at radius 3 is 2.81 bits per heavy atom. The molecule has 10 nitrogen and oxygen atoms in total. The lowest BCUT2D eigenvalue weighted by atomic mass is 10.1. The lowest BCUT2D eigenvalue weighted by Gasteiger charge is -2.25. The minimum atomic E-state index is -0.413. The van der Waals surface area contributed by atoms with Crippen molar-refractivity contribution in [2.24, 2.45) is 16.7 Å². The first-order chi connectivity index (χ1) is 15.4. The molecule has 1 saturated heterocycles. The first kappa shape index (κ1) is 23.5. The third kappa shape index (κ3) is 6.42. The van der Waals surface area contributed by atoms with Gasteiger partial charge in [-0.1, -0.05) is 19.1 Å². The highest BCUT2D eigenvalue weighted by molar-refractivity contribution is 5.99. The number of hydrogen-bond donors (Lipinski definition) is 3. The molecule has 11 heteroatoms. The van der Waals surface area contributed by atoms with Gasteiger partial charge in [-0.3, -0.25) is 4.79 Å². The van der Waals surface area contributed by atoms with Crippen LogP contribution < -0.4 is 16.9 Å². The average molecular weight is 445 g/mol. The summed E-state index contributed by atoms with van der Waals surface area (Å²) in [6, 6.07) is 6.20. The molecule has 1 atom stereocenters. The number of benzene rings is 1. The van der Waals surface area contributed by atoms with Crippen LogP contribution in [0.25, 0.3) is 0 Å². The highest BCUT2D eigenvalue weighted by atomic mass is 19.1. The molecule has 1 fully saturated rings. The van der Waals surface area contributed by atoms with Crippen molar-refractivity contribution in [3.63, 3.8) is 0 Å². The number of nitrogens with two attached hydrogens (primary N) is 2. The van der Waals surface area contributed by atoms with Crippen LogP contribution in [0.1, 0.15) is 40.1 Å². The maximum atomic E-state index is 13.7. The zero-order chi connectivity index (χ0) is 23.1. The normalized spacial score (nSPS) is 16.6. The van der Waals surface area contributed by atoms with Crippen molar-refractivity contribution in [1.82, 2.24) is 20.4 Å². The molecule has 1 amide bonds. The zero-order valence-electron chi connectivity index (χ0n) is 18.2. The molecule has 2 aromatic rings. The van der Waals surface area contributed by atoms with E-state index in [1.165, 1.54) is 12.1 Å². The molecule has 3 rings (SSSR count). The van der Waals surface area contributed by atoms with E-state index in [1.54, 1.807) is 19.1 Å². The largest absolute Gasteiger partial charge is 0.380 e. The average Bonchev–Trinajstić information content (AvgIpc) is 2.78. The Hall–Kier alpha value is -3.15. The fourth-order valence-electron chi connectivity index (χ4n) is 3.18. The summed E-state index contributed by atoms with van der Waals surface area (Å²) in [5, 5.41) is 8.05. The quantitative estimate of drug-likeness (QED) is 0.233. The van der Waals surface area contributed by atoms with Crippen LogP contribution in [0.4, 0.5) is 4.39 Å². The van der Waals surface area contributed by atoms with Crippen LogP contribution in [-0.2, 0) is 22.4 Å². The monoisotopic (exact) mass is 445 g/mol. The number of carbonyl (C=O) groups excluding carboxylic acids is 1. The van der Waals surface area contributed by atoms with E-state index in [-0.39, 0.29) is 42.2 Å². The van der Waals surface area contributed by atoms with Crippen LogP contribution in [-0.4, -0.2) is 59.3 Å². The molecule has 0 aliphatic carbocycles. The van der Waals surface area contributed by atoms with Crippen molar-refractivity contribution >= 4 is 11.7 Å². The van der Waals surface area contributed by atoms with Gasteiger partial charge in [0, 0.05) is 6.54 Å². The number of amides is 1. The van der Waals surface area contributed by atoms with Gasteiger partial charge in [0.2, 0.25) is 0 Å². The number of amidine groups is 1. The summed E-state index contributed by atoms with van der Waals surface area (Å²) in [4.78, 5) is 21.0. The molecule has 172 valence electrons. The van der Waals surface area contributed by atoms with Crippen molar-refractivity contribution in [2.75, 3.05) is 26.4 Å². The number of rotatable bonds is 8. The molecule has 0 spiro atoms. The van der Waals surface area contributed by atoms with Gasteiger partial charge in [-0.15, -0.1) is 5.10 Å². The van der Waals surface area contributed by atoms with Gasteiger partial charge in [0.1, 0.15) is 29.1 Å². The predicted molar refractivity (Wildman–Crippen MR) is 116 cm³/mol. The second kappa shape index (κ2) is 10.9. The van der Waals surface area contributed by atoms with Gasteiger partial charge in [0.25, 0.3) is 5.91 Å². The predicted octanol–water partition coefficient (Wildman–Crippen LogP) is 0.628. The number of ether oxygens (including phenoxy) is 2. The Morgan fingerprint density at radius 2 is 2.09 bits per heavy atom. The van der Waals surface area contributed by atoms with Crippen molar-refractivity contribution in [3.8, 4) is 0 Å². The Bertz CT molecular complexity index is 980. The number of nitrogens with zero attached hydrogens (tertiary/aromatic N) is 4. The van der Waals surface area contributed by atoms with E-state index in [0.717, 1.165) is 10.7 Å². The molecule has 5 N–H and O–H groups in total. The summed E-state index contributed by atoms with van der Waals surface area (Å²) in [7, 11) is 0. The van der Waals surface area contributed by atoms with Gasteiger partial charge < -0.3 is 20.5 Å². The lowest BCUT2D eigenvalue weighted by Crippen LogP contribution is -2.41. The highest BCUT2D eigenvalue weighted by Gasteiger charge is 2.17.